The van der Waals surface area contributed by atoms with Gasteiger partial charge in [-0.3, -0.25) is 0 Å². The maximum atomic E-state index is 12.4. The van der Waals surface area contributed by atoms with E-state index in [-0.39, 0.29) is 23.7 Å². The normalized spacial score (nSPS) is 16.0. The highest BCUT2D eigenvalue weighted by molar-refractivity contribution is 7.91. The zero-order valence-electron chi connectivity index (χ0n) is 19.2. The van der Waals surface area contributed by atoms with Crippen LogP contribution in [0.3, 0.4) is 0 Å². The Balaban J connectivity index is 1.56. The third kappa shape index (κ3) is 6.99. The molecule has 7 nitrogen and oxygen atoms in total. The molecule has 2 aromatic rings. The second-order valence-corrected chi connectivity index (χ2v) is 10.4. The molecule has 8 heteroatoms. The Morgan fingerprint density at radius 3 is 2.15 bits per heavy atom. The van der Waals surface area contributed by atoms with Gasteiger partial charge < -0.3 is 9.64 Å². The molecule has 0 aromatic heterocycles. The highest BCUT2D eigenvalue weighted by Gasteiger charge is 2.22. The van der Waals surface area contributed by atoms with E-state index < -0.39 is 9.84 Å². The largest absolute Gasteiger partial charge is 0.459 e. The molecule has 176 valence electrons. The van der Waals surface area contributed by atoms with Crippen LogP contribution in [-0.2, 0) is 19.4 Å². The molecule has 1 heterocycles. The smallest absolute Gasteiger partial charge is 0.330 e. The molecule has 1 aliphatic rings. The lowest BCUT2D eigenvalue weighted by Crippen LogP contribution is -2.37. The van der Waals surface area contributed by atoms with Gasteiger partial charge in [-0.15, -0.1) is 0 Å². The molecule has 0 aliphatic carbocycles. The number of sulfone groups is 1. The summed E-state index contributed by atoms with van der Waals surface area (Å²) in [5.74, 6) is -0.0991. The van der Waals surface area contributed by atoms with Crippen LogP contribution in [0.2, 0.25) is 0 Å². The monoisotopic (exact) mass is 469 g/mol. The number of hydrogen-bond acceptors (Lipinski definition) is 7. The van der Waals surface area contributed by atoms with Crippen molar-refractivity contribution >= 4 is 32.9 Å². The quantitative estimate of drug-likeness (QED) is 0.270. The zero-order valence-corrected chi connectivity index (χ0v) is 20.0. The van der Waals surface area contributed by atoms with Crippen LogP contribution in [0.15, 0.2) is 76.3 Å². The van der Waals surface area contributed by atoms with Crippen LogP contribution in [0.1, 0.15) is 33.1 Å². The molecular formula is C25H31N3O4S. The van der Waals surface area contributed by atoms with Crippen LogP contribution < -0.4 is 4.90 Å². The molecular weight excluding hydrogens is 438 g/mol. The average molecular weight is 470 g/mol. The second-order valence-electron chi connectivity index (χ2n) is 8.33. The van der Waals surface area contributed by atoms with E-state index in [1.165, 1.54) is 6.08 Å². The molecule has 3 rings (SSSR count). The van der Waals surface area contributed by atoms with Gasteiger partial charge in [0.25, 0.3) is 0 Å². The van der Waals surface area contributed by atoms with Crippen LogP contribution in [0.25, 0.3) is 0 Å². The molecule has 1 aliphatic heterocycles. The van der Waals surface area contributed by atoms with E-state index in [2.05, 4.69) is 21.7 Å². The fourth-order valence-electron chi connectivity index (χ4n) is 3.60. The summed E-state index contributed by atoms with van der Waals surface area (Å²) < 4.78 is 30.2. The van der Waals surface area contributed by atoms with Gasteiger partial charge in [-0.25, -0.2) is 13.2 Å². The minimum absolute atomic E-state index is 0.0590. The topological polar surface area (TPSA) is 88.4 Å². The molecule has 0 bridgehead atoms. The SMILES string of the molecule is C=CC(=O)OC1CCN(c2ccc(N=Nc3ccc(S(=O)(=O)C[C@H](C)CC)cc3)cc2)CC1. The standard InChI is InChI=1S/C25H31N3O4S/c1-4-19(3)18-33(30,31)24-12-8-21(9-13-24)27-26-20-6-10-22(11-7-20)28-16-14-23(15-17-28)32-25(29)5-2/h5-13,19,23H,2,4,14-18H2,1,3H3/t19-/m1/s1. The maximum Gasteiger partial charge on any atom is 0.330 e. The van der Waals surface area contributed by atoms with Crippen molar-refractivity contribution in [2.75, 3.05) is 23.7 Å². The second kappa shape index (κ2) is 11.2. The molecule has 0 amide bonds. The average Bonchev–Trinajstić information content (AvgIpc) is 2.83. The molecule has 1 fully saturated rings. The summed E-state index contributed by atoms with van der Waals surface area (Å²) >= 11 is 0. The summed E-state index contributed by atoms with van der Waals surface area (Å²) in [7, 11) is -3.29. The number of benzene rings is 2. The predicted molar refractivity (Wildman–Crippen MR) is 130 cm³/mol. The first kappa shape index (κ1) is 24.6. The fourth-order valence-corrected chi connectivity index (χ4v) is 5.33. The number of rotatable bonds is 9. The van der Waals surface area contributed by atoms with E-state index in [9.17, 15) is 13.2 Å². The number of esters is 1. The van der Waals surface area contributed by atoms with Gasteiger partial charge in [0, 0.05) is 37.7 Å². The van der Waals surface area contributed by atoms with E-state index in [1.54, 1.807) is 24.3 Å². The van der Waals surface area contributed by atoms with Gasteiger partial charge in [0.05, 0.1) is 22.0 Å². The van der Waals surface area contributed by atoms with E-state index in [0.717, 1.165) is 38.0 Å². The van der Waals surface area contributed by atoms with E-state index in [1.807, 2.05) is 38.1 Å². The van der Waals surface area contributed by atoms with Crippen molar-refractivity contribution in [3.63, 3.8) is 0 Å². The van der Waals surface area contributed by atoms with Crippen molar-refractivity contribution < 1.29 is 17.9 Å². The lowest BCUT2D eigenvalue weighted by atomic mass is 10.1. The summed E-state index contributed by atoms with van der Waals surface area (Å²) in [6.45, 7) is 8.97. The molecule has 0 unspecified atom stereocenters. The highest BCUT2D eigenvalue weighted by Crippen LogP contribution is 2.26. The Kier molecular flexibility index (Phi) is 8.38. The van der Waals surface area contributed by atoms with E-state index in [4.69, 9.17) is 4.74 Å². The lowest BCUT2D eigenvalue weighted by Gasteiger charge is -2.33. The highest BCUT2D eigenvalue weighted by atomic mass is 32.2. The molecule has 1 atom stereocenters. The van der Waals surface area contributed by atoms with Crippen LogP contribution in [0.4, 0.5) is 17.1 Å². The zero-order chi connectivity index (χ0) is 23.8. The van der Waals surface area contributed by atoms with Gasteiger partial charge in [-0.1, -0.05) is 26.8 Å². The van der Waals surface area contributed by atoms with Gasteiger partial charge >= 0.3 is 5.97 Å². The predicted octanol–water partition coefficient (Wildman–Crippen LogP) is 5.62. The maximum absolute atomic E-state index is 12.4. The van der Waals surface area contributed by atoms with Crippen molar-refractivity contribution in [3.05, 3.63) is 61.2 Å². The molecule has 0 saturated carbocycles. The minimum atomic E-state index is -3.29. The summed E-state index contributed by atoms with van der Waals surface area (Å²) in [5, 5.41) is 8.49. The first-order valence-electron chi connectivity index (χ1n) is 11.2. The third-order valence-corrected chi connectivity index (χ3v) is 7.78. The summed E-state index contributed by atoms with van der Waals surface area (Å²) in [6, 6.07) is 14.3. The third-order valence-electron chi connectivity index (χ3n) is 5.78. The Morgan fingerprint density at radius 1 is 1.09 bits per heavy atom. The number of nitrogens with zero attached hydrogens (tertiary/aromatic N) is 3. The number of ether oxygens (including phenoxy) is 1. The molecule has 1 saturated heterocycles. The number of azo groups is 1. The number of hydrogen-bond donors (Lipinski definition) is 0. The Morgan fingerprint density at radius 2 is 1.64 bits per heavy atom. The van der Waals surface area contributed by atoms with Gasteiger partial charge in [0.1, 0.15) is 6.10 Å². The number of carbonyl (C=O) groups is 1. The Hall–Kier alpha value is -3.00. The molecule has 0 N–H and O–H groups in total. The number of piperidine rings is 1. The van der Waals surface area contributed by atoms with Crippen LogP contribution in [-0.4, -0.2) is 39.3 Å². The number of carbonyl (C=O) groups excluding carboxylic acids is 1. The molecule has 0 spiro atoms. The fraction of sp³-hybridized carbons (Fsp3) is 0.400. The summed E-state index contributed by atoms with van der Waals surface area (Å²) in [6.07, 6.45) is 3.53. The molecule has 0 radical (unpaired) electrons. The first-order chi connectivity index (χ1) is 15.8. The van der Waals surface area contributed by atoms with Crippen molar-refractivity contribution in [3.8, 4) is 0 Å². The van der Waals surface area contributed by atoms with Gasteiger partial charge in [-0.05, 0) is 54.4 Å². The van der Waals surface area contributed by atoms with Crippen molar-refractivity contribution in [1.82, 2.24) is 0 Å². The van der Waals surface area contributed by atoms with Crippen molar-refractivity contribution in [2.24, 2.45) is 16.1 Å². The van der Waals surface area contributed by atoms with E-state index >= 15 is 0 Å². The van der Waals surface area contributed by atoms with Crippen LogP contribution >= 0.6 is 0 Å². The van der Waals surface area contributed by atoms with Crippen molar-refractivity contribution in [1.29, 1.82) is 0 Å². The Labute approximate surface area is 196 Å². The summed E-state index contributed by atoms with van der Waals surface area (Å²) in [4.78, 5) is 13.9. The summed E-state index contributed by atoms with van der Waals surface area (Å²) in [5.41, 5.74) is 2.39. The van der Waals surface area contributed by atoms with E-state index in [0.29, 0.717) is 16.3 Å². The van der Waals surface area contributed by atoms with Gasteiger partial charge in [0.15, 0.2) is 9.84 Å². The van der Waals surface area contributed by atoms with Crippen LogP contribution in [0, 0.1) is 5.92 Å². The minimum Gasteiger partial charge on any atom is -0.459 e. The van der Waals surface area contributed by atoms with Gasteiger partial charge in [-0.2, -0.15) is 10.2 Å². The Bertz CT molecular complexity index is 1070. The molecule has 33 heavy (non-hydrogen) atoms. The van der Waals surface area contributed by atoms with Gasteiger partial charge in [0.2, 0.25) is 0 Å². The lowest BCUT2D eigenvalue weighted by molar-refractivity contribution is -0.143. The number of anilines is 1. The first-order valence-corrected chi connectivity index (χ1v) is 12.9. The van der Waals surface area contributed by atoms with Crippen LogP contribution in [0.5, 0.6) is 0 Å². The van der Waals surface area contributed by atoms with Crippen molar-refractivity contribution in [2.45, 2.75) is 44.1 Å². The molecule has 2 aromatic carbocycles.